The van der Waals surface area contributed by atoms with Crippen LogP contribution >= 0.6 is 0 Å². The summed E-state index contributed by atoms with van der Waals surface area (Å²) in [6.45, 7) is 3.79. The molecule has 21 heavy (non-hydrogen) atoms. The van der Waals surface area contributed by atoms with Crippen LogP contribution in [0.2, 0.25) is 0 Å². The molecule has 0 aliphatic rings. The van der Waals surface area contributed by atoms with E-state index in [1.54, 1.807) is 19.9 Å². The van der Waals surface area contributed by atoms with Crippen LogP contribution in [0.4, 0.5) is 0 Å². The summed E-state index contributed by atoms with van der Waals surface area (Å²) in [5.41, 5.74) is 1.28. The van der Waals surface area contributed by atoms with Gasteiger partial charge in [-0.25, -0.2) is 0 Å². The molecule has 0 saturated heterocycles. The number of benzene rings is 1. The molecule has 0 bridgehead atoms. The van der Waals surface area contributed by atoms with Crippen molar-refractivity contribution < 1.29 is 19.1 Å². The molecule has 0 N–H and O–H groups in total. The van der Waals surface area contributed by atoms with Gasteiger partial charge in [0.1, 0.15) is 0 Å². The number of carbonyl (C=O) groups excluding carboxylic acids is 2. The average Bonchev–Trinajstić information content (AvgIpc) is 2.48. The third kappa shape index (κ3) is 3.37. The van der Waals surface area contributed by atoms with Crippen LogP contribution < -0.4 is 0 Å². The van der Waals surface area contributed by atoms with Crippen molar-refractivity contribution in [3.8, 4) is 0 Å². The maximum atomic E-state index is 12.0. The first-order valence-electron chi connectivity index (χ1n) is 6.85. The average molecular weight is 287 g/mol. The lowest BCUT2D eigenvalue weighted by Crippen LogP contribution is -2.26. The Balaban J connectivity index is 2.41. The van der Waals surface area contributed by atoms with E-state index < -0.39 is 17.9 Å². The summed E-state index contributed by atoms with van der Waals surface area (Å²) < 4.78 is 9.94. The van der Waals surface area contributed by atoms with Gasteiger partial charge in [0.25, 0.3) is 0 Å². The molecule has 0 fully saturated rings. The first-order chi connectivity index (χ1) is 10.2. The number of hydrogen-bond donors (Lipinski definition) is 0. The largest absolute Gasteiger partial charge is 0.465 e. The normalized spacial score (nSPS) is 10.6. The molecule has 0 amide bonds. The molecular weight excluding hydrogens is 270 g/mol. The number of fused-ring (bicyclic) bond motifs is 1. The second-order valence-electron chi connectivity index (χ2n) is 4.40. The van der Waals surface area contributed by atoms with Crippen LogP contribution in [0.3, 0.4) is 0 Å². The van der Waals surface area contributed by atoms with Gasteiger partial charge in [-0.2, -0.15) is 0 Å². The van der Waals surface area contributed by atoms with Gasteiger partial charge in [0.15, 0.2) is 5.92 Å². The molecule has 0 saturated carbocycles. The second-order valence-corrected chi connectivity index (χ2v) is 4.40. The summed E-state index contributed by atoms with van der Waals surface area (Å²) in [7, 11) is 0. The number of nitrogens with zero attached hydrogens (tertiary/aromatic N) is 1. The van der Waals surface area contributed by atoms with E-state index in [0.717, 1.165) is 10.9 Å². The van der Waals surface area contributed by atoms with Gasteiger partial charge in [-0.3, -0.25) is 14.6 Å². The van der Waals surface area contributed by atoms with Crippen LogP contribution in [0, 0.1) is 0 Å². The second kappa shape index (κ2) is 6.83. The summed E-state index contributed by atoms with van der Waals surface area (Å²) in [4.78, 5) is 28.4. The van der Waals surface area contributed by atoms with E-state index in [0.29, 0.717) is 5.56 Å². The summed E-state index contributed by atoms with van der Waals surface area (Å²) in [6, 6.07) is 9.25. The molecule has 0 aliphatic heterocycles. The Morgan fingerprint density at radius 3 is 2.33 bits per heavy atom. The lowest BCUT2D eigenvalue weighted by atomic mass is 9.99. The number of rotatable bonds is 5. The zero-order valence-electron chi connectivity index (χ0n) is 12.0. The van der Waals surface area contributed by atoms with Crippen LogP contribution in [0.1, 0.15) is 25.3 Å². The molecule has 0 aliphatic carbocycles. The van der Waals surface area contributed by atoms with Crippen molar-refractivity contribution in [1.29, 1.82) is 0 Å². The van der Waals surface area contributed by atoms with E-state index in [-0.39, 0.29) is 13.2 Å². The highest BCUT2D eigenvalue weighted by molar-refractivity contribution is 6.01. The van der Waals surface area contributed by atoms with Crippen molar-refractivity contribution in [2.75, 3.05) is 13.2 Å². The minimum absolute atomic E-state index is 0.204. The molecule has 1 heterocycles. The summed E-state index contributed by atoms with van der Waals surface area (Å²) in [6.07, 6.45) is 1.51. The number of pyridine rings is 1. The van der Waals surface area contributed by atoms with Crippen molar-refractivity contribution in [1.82, 2.24) is 4.98 Å². The number of hydrogen-bond acceptors (Lipinski definition) is 5. The van der Waals surface area contributed by atoms with E-state index in [1.165, 1.54) is 6.20 Å². The zero-order chi connectivity index (χ0) is 15.2. The van der Waals surface area contributed by atoms with Gasteiger partial charge >= 0.3 is 11.9 Å². The monoisotopic (exact) mass is 287 g/mol. The Labute approximate surface area is 122 Å². The third-order valence-electron chi connectivity index (χ3n) is 2.99. The van der Waals surface area contributed by atoms with Gasteiger partial charge in [-0.15, -0.1) is 0 Å². The van der Waals surface area contributed by atoms with Crippen LogP contribution in [0.25, 0.3) is 10.9 Å². The minimum Gasteiger partial charge on any atom is -0.465 e. The zero-order valence-corrected chi connectivity index (χ0v) is 12.0. The molecule has 5 heteroatoms. The van der Waals surface area contributed by atoms with Crippen LogP contribution in [0.15, 0.2) is 36.5 Å². The highest BCUT2D eigenvalue weighted by Gasteiger charge is 2.31. The fraction of sp³-hybridized carbons (Fsp3) is 0.312. The van der Waals surface area contributed by atoms with Gasteiger partial charge in [0, 0.05) is 11.6 Å². The van der Waals surface area contributed by atoms with Crippen molar-refractivity contribution in [3.05, 3.63) is 42.1 Å². The lowest BCUT2D eigenvalue weighted by molar-refractivity contribution is -0.156. The number of para-hydroxylation sites is 1. The molecular formula is C16H17NO4. The third-order valence-corrected chi connectivity index (χ3v) is 2.99. The molecule has 0 atom stereocenters. The van der Waals surface area contributed by atoms with Crippen LogP contribution in [-0.4, -0.2) is 30.1 Å². The smallest absolute Gasteiger partial charge is 0.324 e. The Hall–Kier alpha value is -2.43. The van der Waals surface area contributed by atoms with Crippen molar-refractivity contribution in [3.63, 3.8) is 0 Å². The molecule has 2 aromatic rings. The summed E-state index contributed by atoms with van der Waals surface area (Å²) in [5.74, 6) is -2.33. The van der Waals surface area contributed by atoms with E-state index >= 15 is 0 Å². The predicted octanol–water partition coefficient (Wildman–Crippen LogP) is 2.44. The summed E-state index contributed by atoms with van der Waals surface area (Å²) in [5, 5.41) is 0.855. The Bertz CT molecular complexity index is 636. The number of carbonyl (C=O) groups is 2. The fourth-order valence-electron chi connectivity index (χ4n) is 2.07. The maximum Gasteiger partial charge on any atom is 0.324 e. The van der Waals surface area contributed by atoms with E-state index in [9.17, 15) is 9.59 Å². The highest BCUT2D eigenvalue weighted by Crippen LogP contribution is 2.22. The van der Waals surface area contributed by atoms with E-state index in [1.807, 2.05) is 24.3 Å². The van der Waals surface area contributed by atoms with E-state index in [2.05, 4.69) is 4.98 Å². The lowest BCUT2D eigenvalue weighted by Gasteiger charge is -2.14. The molecule has 110 valence electrons. The fourth-order valence-corrected chi connectivity index (χ4v) is 2.07. The molecule has 1 aromatic carbocycles. The molecule has 0 spiro atoms. The van der Waals surface area contributed by atoms with Gasteiger partial charge in [0.05, 0.1) is 18.7 Å². The van der Waals surface area contributed by atoms with Crippen molar-refractivity contribution in [2.24, 2.45) is 0 Å². The van der Waals surface area contributed by atoms with Gasteiger partial charge < -0.3 is 9.47 Å². The van der Waals surface area contributed by atoms with Crippen molar-refractivity contribution >= 4 is 22.8 Å². The first-order valence-corrected chi connectivity index (χ1v) is 6.85. The predicted molar refractivity (Wildman–Crippen MR) is 77.8 cm³/mol. The van der Waals surface area contributed by atoms with Gasteiger partial charge in [-0.1, -0.05) is 18.2 Å². The summed E-state index contributed by atoms with van der Waals surface area (Å²) >= 11 is 0. The van der Waals surface area contributed by atoms with Crippen LogP contribution in [0.5, 0.6) is 0 Å². The van der Waals surface area contributed by atoms with Gasteiger partial charge in [-0.05, 0) is 31.5 Å². The molecule has 1 aromatic heterocycles. The Kier molecular flexibility index (Phi) is 4.87. The minimum atomic E-state index is -1.10. The van der Waals surface area contributed by atoms with Crippen molar-refractivity contribution in [2.45, 2.75) is 19.8 Å². The number of aromatic nitrogens is 1. The van der Waals surface area contributed by atoms with Gasteiger partial charge in [0.2, 0.25) is 0 Å². The molecule has 0 unspecified atom stereocenters. The SMILES string of the molecule is CCOC(=O)C(C(=O)OCC)c1cnc2ccccc2c1. The van der Waals surface area contributed by atoms with Crippen LogP contribution in [-0.2, 0) is 19.1 Å². The quantitative estimate of drug-likeness (QED) is 0.624. The highest BCUT2D eigenvalue weighted by atomic mass is 16.6. The Morgan fingerprint density at radius 2 is 1.71 bits per heavy atom. The molecule has 5 nitrogen and oxygen atoms in total. The molecule has 0 radical (unpaired) electrons. The van der Waals surface area contributed by atoms with E-state index in [4.69, 9.17) is 9.47 Å². The first kappa shape index (κ1) is 15.0. The maximum absolute atomic E-state index is 12.0. The molecule has 2 rings (SSSR count). The number of esters is 2. The number of ether oxygens (including phenoxy) is 2. The standard InChI is InChI=1S/C16H17NO4/c1-3-20-15(18)14(16(19)21-4-2)12-9-11-7-5-6-8-13(11)17-10-12/h5-10,14H,3-4H2,1-2H3. The Morgan fingerprint density at radius 1 is 1.10 bits per heavy atom. The topological polar surface area (TPSA) is 65.5 Å².